The number of piperidine rings is 1. The maximum Gasteiger partial charge on any atom is 0.0667 e. The number of β-amino-alcohol motifs (C(OH)–C–C–N with tert-alkyl or cyclic N) is 1. The van der Waals surface area contributed by atoms with Crippen LogP contribution in [0.1, 0.15) is 19.3 Å². The SMILES string of the molecule is CSCCCN1CCCC(O)C1. The fourth-order valence-electron chi connectivity index (χ4n) is 1.67. The molecule has 1 rings (SSSR count). The van der Waals surface area contributed by atoms with Gasteiger partial charge in [0.15, 0.2) is 0 Å². The van der Waals surface area contributed by atoms with Crippen LogP contribution >= 0.6 is 11.8 Å². The molecule has 0 amide bonds. The molecular weight excluding hydrogens is 170 g/mol. The smallest absolute Gasteiger partial charge is 0.0667 e. The van der Waals surface area contributed by atoms with Crippen LogP contribution < -0.4 is 0 Å². The number of hydrogen-bond donors (Lipinski definition) is 1. The summed E-state index contributed by atoms with van der Waals surface area (Å²) in [5.41, 5.74) is 0. The molecule has 72 valence electrons. The Labute approximate surface area is 79.3 Å². The average Bonchev–Trinajstić information content (AvgIpc) is 2.05. The summed E-state index contributed by atoms with van der Waals surface area (Å²) in [6.45, 7) is 3.25. The molecule has 1 fully saturated rings. The van der Waals surface area contributed by atoms with Crippen molar-refractivity contribution in [1.82, 2.24) is 4.90 Å². The molecule has 0 aromatic rings. The molecule has 1 aliphatic heterocycles. The van der Waals surface area contributed by atoms with E-state index in [1.807, 2.05) is 11.8 Å². The summed E-state index contributed by atoms with van der Waals surface area (Å²) in [5, 5.41) is 9.39. The number of thioether (sulfide) groups is 1. The molecule has 0 bridgehead atoms. The van der Waals surface area contributed by atoms with Crippen LogP contribution in [0.4, 0.5) is 0 Å². The maximum absolute atomic E-state index is 9.39. The molecule has 1 unspecified atom stereocenters. The van der Waals surface area contributed by atoms with Crippen molar-refractivity contribution in [3.8, 4) is 0 Å². The zero-order chi connectivity index (χ0) is 8.81. The third kappa shape index (κ3) is 3.78. The lowest BCUT2D eigenvalue weighted by Gasteiger charge is -2.29. The minimum absolute atomic E-state index is 0.0620. The van der Waals surface area contributed by atoms with Crippen LogP contribution in [0.25, 0.3) is 0 Å². The molecule has 0 aromatic heterocycles. The molecule has 1 saturated heterocycles. The van der Waals surface area contributed by atoms with E-state index in [0.717, 1.165) is 19.5 Å². The summed E-state index contributed by atoms with van der Waals surface area (Å²) in [6.07, 6.45) is 5.51. The molecule has 0 radical (unpaired) electrons. The number of nitrogens with zero attached hydrogens (tertiary/aromatic N) is 1. The van der Waals surface area contributed by atoms with Crippen molar-refractivity contribution in [2.75, 3.05) is 31.6 Å². The largest absolute Gasteiger partial charge is 0.392 e. The van der Waals surface area contributed by atoms with Crippen molar-refractivity contribution in [1.29, 1.82) is 0 Å². The van der Waals surface area contributed by atoms with Gasteiger partial charge in [0.05, 0.1) is 6.10 Å². The van der Waals surface area contributed by atoms with Crippen molar-refractivity contribution in [3.05, 3.63) is 0 Å². The first-order valence-corrected chi connectivity index (χ1v) is 6.11. The maximum atomic E-state index is 9.39. The van der Waals surface area contributed by atoms with Gasteiger partial charge in [-0.1, -0.05) is 0 Å². The number of aliphatic hydroxyl groups excluding tert-OH is 1. The number of likely N-dealkylation sites (tertiary alicyclic amines) is 1. The van der Waals surface area contributed by atoms with Gasteiger partial charge < -0.3 is 10.0 Å². The minimum atomic E-state index is -0.0620. The van der Waals surface area contributed by atoms with Crippen molar-refractivity contribution < 1.29 is 5.11 Å². The van der Waals surface area contributed by atoms with Gasteiger partial charge in [-0.15, -0.1) is 0 Å². The van der Waals surface area contributed by atoms with Crippen molar-refractivity contribution >= 4 is 11.8 Å². The van der Waals surface area contributed by atoms with Gasteiger partial charge in [0.2, 0.25) is 0 Å². The molecule has 1 N–H and O–H groups in total. The van der Waals surface area contributed by atoms with Crippen molar-refractivity contribution in [2.24, 2.45) is 0 Å². The van der Waals surface area contributed by atoms with E-state index in [1.165, 1.54) is 25.1 Å². The van der Waals surface area contributed by atoms with E-state index in [-0.39, 0.29) is 6.10 Å². The first-order valence-electron chi connectivity index (χ1n) is 4.72. The summed E-state index contributed by atoms with van der Waals surface area (Å²) in [6, 6.07) is 0. The number of hydrogen-bond acceptors (Lipinski definition) is 3. The van der Waals surface area contributed by atoms with E-state index < -0.39 is 0 Å². The molecule has 0 aliphatic carbocycles. The second-order valence-corrected chi connectivity index (χ2v) is 4.43. The number of aliphatic hydroxyl groups is 1. The van der Waals surface area contributed by atoms with Crippen LogP contribution in [0.3, 0.4) is 0 Å². The zero-order valence-electron chi connectivity index (χ0n) is 7.83. The Morgan fingerprint density at radius 2 is 2.42 bits per heavy atom. The van der Waals surface area contributed by atoms with Gasteiger partial charge in [0.1, 0.15) is 0 Å². The Kier molecular flexibility index (Phi) is 5.04. The standard InChI is InChI=1S/C9H19NOS/c1-12-7-3-6-10-5-2-4-9(11)8-10/h9,11H,2-8H2,1H3. The van der Waals surface area contributed by atoms with Gasteiger partial charge in [-0.2, -0.15) is 11.8 Å². The van der Waals surface area contributed by atoms with E-state index in [0.29, 0.717) is 0 Å². The highest BCUT2D eigenvalue weighted by atomic mass is 32.2. The van der Waals surface area contributed by atoms with Crippen LogP contribution in [0, 0.1) is 0 Å². The third-order valence-electron chi connectivity index (χ3n) is 2.30. The Balaban J connectivity index is 2.06. The van der Waals surface area contributed by atoms with E-state index in [9.17, 15) is 5.11 Å². The van der Waals surface area contributed by atoms with Gasteiger partial charge in [-0.3, -0.25) is 0 Å². The topological polar surface area (TPSA) is 23.5 Å². The van der Waals surface area contributed by atoms with E-state index in [1.54, 1.807) is 0 Å². The van der Waals surface area contributed by atoms with Crippen LogP contribution in [0.5, 0.6) is 0 Å². The average molecular weight is 189 g/mol. The lowest BCUT2D eigenvalue weighted by molar-refractivity contribution is 0.0710. The van der Waals surface area contributed by atoms with Gasteiger partial charge in [0, 0.05) is 6.54 Å². The summed E-state index contributed by atoms with van der Waals surface area (Å²) < 4.78 is 0. The summed E-state index contributed by atoms with van der Waals surface area (Å²) in [5.74, 6) is 1.24. The summed E-state index contributed by atoms with van der Waals surface area (Å²) >= 11 is 1.90. The molecule has 1 heterocycles. The summed E-state index contributed by atoms with van der Waals surface area (Å²) in [4.78, 5) is 2.38. The lowest BCUT2D eigenvalue weighted by Crippen LogP contribution is -2.38. The minimum Gasteiger partial charge on any atom is -0.392 e. The second-order valence-electron chi connectivity index (χ2n) is 3.44. The molecule has 2 nitrogen and oxygen atoms in total. The Morgan fingerprint density at radius 1 is 1.58 bits per heavy atom. The van der Waals surface area contributed by atoms with Crippen LogP contribution in [0.15, 0.2) is 0 Å². The van der Waals surface area contributed by atoms with Crippen molar-refractivity contribution in [3.63, 3.8) is 0 Å². The molecule has 0 saturated carbocycles. The highest BCUT2D eigenvalue weighted by molar-refractivity contribution is 7.98. The number of rotatable bonds is 4. The normalized spacial score (nSPS) is 26.0. The highest BCUT2D eigenvalue weighted by Gasteiger charge is 2.16. The van der Waals surface area contributed by atoms with Crippen LogP contribution in [-0.4, -0.2) is 47.8 Å². The fraction of sp³-hybridized carbons (Fsp3) is 1.00. The van der Waals surface area contributed by atoms with Crippen molar-refractivity contribution in [2.45, 2.75) is 25.4 Å². The molecule has 3 heteroatoms. The van der Waals surface area contributed by atoms with Crippen LogP contribution in [-0.2, 0) is 0 Å². The lowest BCUT2D eigenvalue weighted by atomic mass is 10.1. The monoisotopic (exact) mass is 189 g/mol. The Morgan fingerprint density at radius 3 is 3.08 bits per heavy atom. The van der Waals surface area contributed by atoms with Gasteiger partial charge in [0.25, 0.3) is 0 Å². The molecule has 1 aliphatic rings. The Hall–Kier alpha value is 0.270. The quantitative estimate of drug-likeness (QED) is 0.672. The van der Waals surface area contributed by atoms with Gasteiger partial charge in [-0.05, 0) is 44.4 Å². The highest BCUT2D eigenvalue weighted by Crippen LogP contribution is 2.10. The third-order valence-corrected chi connectivity index (χ3v) is 3.00. The molecule has 0 spiro atoms. The first-order chi connectivity index (χ1) is 5.83. The van der Waals surface area contributed by atoms with Crippen LogP contribution in [0.2, 0.25) is 0 Å². The van der Waals surface area contributed by atoms with Gasteiger partial charge >= 0.3 is 0 Å². The molecule has 12 heavy (non-hydrogen) atoms. The van der Waals surface area contributed by atoms with E-state index in [2.05, 4.69) is 11.2 Å². The first kappa shape index (κ1) is 10.4. The fourth-order valence-corrected chi connectivity index (χ4v) is 2.08. The van der Waals surface area contributed by atoms with Gasteiger partial charge in [-0.25, -0.2) is 0 Å². The zero-order valence-corrected chi connectivity index (χ0v) is 8.65. The van der Waals surface area contributed by atoms with E-state index >= 15 is 0 Å². The molecule has 0 aromatic carbocycles. The Bertz CT molecular complexity index is 121. The van der Waals surface area contributed by atoms with E-state index in [4.69, 9.17) is 0 Å². The predicted molar refractivity (Wildman–Crippen MR) is 54.7 cm³/mol. The molecule has 1 atom stereocenters. The predicted octanol–water partition coefficient (Wildman–Crippen LogP) is 1.20. The molecular formula is C9H19NOS. The second kappa shape index (κ2) is 5.84. The summed E-state index contributed by atoms with van der Waals surface area (Å²) in [7, 11) is 0.